The van der Waals surface area contributed by atoms with E-state index in [9.17, 15) is 4.79 Å². The summed E-state index contributed by atoms with van der Waals surface area (Å²) in [7, 11) is 0. The van der Waals surface area contributed by atoms with E-state index in [1.165, 1.54) is 12.8 Å². The van der Waals surface area contributed by atoms with E-state index in [2.05, 4.69) is 27.3 Å². The highest BCUT2D eigenvalue weighted by Gasteiger charge is 2.33. The van der Waals surface area contributed by atoms with Gasteiger partial charge in [0, 0.05) is 31.0 Å². The van der Waals surface area contributed by atoms with Gasteiger partial charge in [-0.05, 0) is 56.0 Å². The van der Waals surface area contributed by atoms with E-state index >= 15 is 0 Å². The Kier molecular flexibility index (Phi) is 5.51. The predicted molar refractivity (Wildman–Crippen MR) is 123 cm³/mol. The maximum absolute atomic E-state index is 12.6. The van der Waals surface area contributed by atoms with Crippen LogP contribution >= 0.6 is 0 Å². The standard InChI is InChI=1S/C24H28N6O2/c1-3-14-32-18-8-6-17(7-9-18)19-15-22(31)25-24-23(19)16(2)28-30(24)21-11-10-20(26-27-21)29-12-4-5-13-29/h6-11,19H,3-5,12-15H2,1-2H3,(H,25,31)/t19-/m0/s1. The monoisotopic (exact) mass is 432 g/mol. The fourth-order valence-electron chi connectivity index (χ4n) is 4.56. The van der Waals surface area contributed by atoms with Crippen LogP contribution < -0.4 is 15.0 Å². The van der Waals surface area contributed by atoms with Crippen molar-refractivity contribution < 1.29 is 9.53 Å². The molecule has 1 amide bonds. The van der Waals surface area contributed by atoms with Crippen LogP contribution in [0.2, 0.25) is 0 Å². The highest BCUT2D eigenvalue weighted by molar-refractivity contribution is 5.95. The molecule has 0 aliphatic carbocycles. The molecule has 0 spiro atoms. The molecule has 1 saturated heterocycles. The molecule has 0 radical (unpaired) electrons. The first-order valence-electron chi connectivity index (χ1n) is 11.3. The lowest BCUT2D eigenvalue weighted by Crippen LogP contribution is -2.25. The lowest BCUT2D eigenvalue weighted by atomic mass is 9.86. The highest BCUT2D eigenvalue weighted by Crippen LogP contribution is 2.40. The van der Waals surface area contributed by atoms with Crippen LogP contribution in [0.5, 0.6) is 5.75 Å². The van der Waals surface area contributed by atoms with Crippen molar-refractivity contribution in [2.75, 3.05) is 29.9 Å². The third-order valence-corrected chi connectivity index (χ3v) is 6.14. The van der Waals surface area contributed by atoms with Crippen molar-refractivity contribution in [1.29, 1.82) is 0 Å². The van der Waals surface area contributed by atoms with Crippen molar-refractivity contribution in [3.8, 4) is 11.6 Å². The minimum absolute atomic E-state index is 0.0309. The molecule has 3 aromatic rings. The van der Waals surface area contributed by atoms with Crippen molar-refractivity contribution in [2.45, 2.75) is 45.4 Å². The Labute approximate surface area is 187 Å². The zero-order valence-corrected chi connectivity index (χ0v) is 18.5. The largest absolute Gasteiger partial charge is 0.494 e. The van der Waals surface area contributed by atoms with Crippen molar-refractivity contribution in [3.05, 3.63) is 53.2 Å². The van der Waals surface area contributed by atoms with Gasteiger partial charge in [-0.2, -0.15) is 9.78 Å². The second kappa shape index (κ2) is 8.61. The fraction of sp³-hybridized carbons (Fsp3) is 0.417. The molecule has 1 aromatic carbocycles. The number of nitrogens with zero attached hydrogens (tertiary/aromatic N) is 5. The first kappa shape index (κ1) is 20.5. The number of anilines is 2. The van der Waals surface area contributed by atoms with E-state index < -0.39 is 0 Å². The summed E-state index contributed by atoms with van der Waals surface area (Å²) in [5.41, 5.74) is 2.97. The van der Waals surface area contributed by atoms with Gasteiger partial charge in [0.2, 0.25) is 5.91 Å². The minimum Gasteiger partial charge on any atom is -0.494 e. The molecule has 2 aromatic heterocycles. The topological polar surface area (TPSA) is 85.2 Å². The van der Waals surface area contributed by atoms with Gasteiger partial charge in [-0.25, -0.2) is 0 Å². The number of hydrogen-bond donors (Lipinski definition) is 1. The van der Waals surface area contributed by atoms with E-state index in [-0.39, 0.29) is 11.8 Å². The van der Waals surface area contributed by atoms with Crippen LogP contribution in [0.15, 0.2) is 36.4 Å². The van der Waals surface area contributed by atoms with Crippen LogP contribution in [0.4, 0.5) is 11.6 Å². The maximum Gasteiger partial charge on any atom is 0.226 e. The SMILES string of the molecule is CCCOc1ccc([C@@H]2CC(=O)Nc3c2c(C)nn3-c2ccc(N3CCCC3)nn2)cc1. The summed E-state index contributed by atoms with van der Waals surface area (Å²) < 4.78 is 7.41. The lowest BCUT2D eigenvalue weighted by Gasteiger charge is -2.24. The van der Waals surface area contributed by atoms with Gasteiger partial charge < -0.3 is 15.0 Å². The normalized spacial score (nSPS) is 17.9. The minimum atomic E-state index is -0.0652. The number of carbonyl (C=O) groups is 1. The van der Waals surface area contributed by atoms with Gasteiger partial charge in [0.05, 0.1) is 12.3 Å². The van der Waals surface area contributed by atoms with Gasteiger partial charge in [0.15, 0.2) is 11.6 Å². The lowest BCUT2D eigenvalue weighted by molar-refractivity contribution is -0.116. The molecule has 0 saturated carbocycles. The molecule has 2 aliphatic heterocycles. The Morgan fingerprint density at radius 1 is 1.06 bits per heavy atom. The van der Waals surface area contributed by atoms with Gasteiger partial charge >= 0.3 is 0 Å². The zero-order chi connectivity index (χ0) is 22.1. The number of aromatic nitrogens is 4. The molecule has 1 fully saturated rings. The number of aryl methyl sites for hydroxylation is 1. The fourth-order valence-corrected chi connectivity index (χ4v) is 4.56. The van der Waals surface area contributed by atoms with E-state index in [0.29, 0.717) is 24.7 Å². The molecular weight excluding hydrogens is 404 g/mol. The summed E-state index contributed by atoms with van der Waals surface area (Å²) in [6.07, 6.45) is 3.73. The molecule has 2 aliphatic rings. The van der Waals surface area contributed by atoms with Gasteiger partial charge in [0.1, 0.15) is 11.6 Å². The Bertz CT molecular complexity index is 1100. The van der Waals surface area contributed by atoms with Crippen LogP contribution in [-0.4, -0.2) is 45.6 Å². The van der Waals surface area contributed by atoms with Crippen LogP contribution in [0.25, 0.3) is 5.82 Å². The Morgan fingerprint density at radius 2 is 1.78 bits per heavy atom. The molecule has 8 heteroatoms. The van der Waals surface area contributed by atoms with Gasteiger partial charge in [0.25, 0.3) is 0 Å². The molecule has 4 heterocycles. The van der Waals surface area contributed by atoms with Gasteiger partial charge in [-0.15, -0.1) is 10.2 Å². The quantitative estimate of drug-likeness (QED) is 0.637. The number of amides is 1. The molecule has 8 nitrogen and oxygen atoms in total. The average molecular weight is 433 g/mol. The molecule has 5 rings (SSSR count). The third kappa shape index (κ3) is 3.81. The number of benzene rings is 1. The average Bonchev–Trinajstić information content (AvgIpc) is 3.46. The van der Waals surface area contributed by atoms with Gasteiger partial charge in [-0.3, -0.25) is 4.79 Å². The Morgan fingerprint density at radius 3 is 2.47 bits per heavy atom. The number of rotatable bonds is 6. The molecule has 0 unspecified atom stereocenters. The van der Waals surface area contributed by atoms with Crippen LogP contribution in [-0.2, 0) is 4.79 Å². The van der Waals surface area contributed by atoms with Crippen molar-refractivity contribution in [1.82, 2.24) is 20.0 Å². The summed E-state index contributed by atoms with van der Waals surface area (Å²) in [6, 6.07) is 11.9. The Hall–Kier alpha value is -3.42. The molecule has 0 bridgehead atoms. The summed E-state index contributed by atoms with van der Waals surface area (Å²) in [6.45, 7) is 6.79. The van der Waals surface area contributed by atoms with E-state index in [4.69, 9.17) is 9.84 Å². The van der Waals surface area contributed by atoms with Crippen molar-refractivity contribution in [3.63, 3.8) is 0 Å². The van der Waals surface area contributed by atoms with E-state index in [1.54, 1.807) is 4.68 Å². The third-order valence-electron chi connectivity index (χ3n) is 6.14. The van der Waals surface area contributed by atoms with Crippen LogP contribution in [0, 0.1) is 6.92 Å². The molecule has 32 heavy (non-hydrogen) atoms. The smallest absolute Gasteiger partial charge is 0.226 e. The van der Waals surface area contributed by atoms with Crippen molar-refractivity contribution >= 4 is 17.5 Å². The summed E-state index contributed by atoms with van der Waals surface area (Å²) in [4.78, 5) is 14.9. The number of hydrogen-bond acceptors (Lipinski definition) is 6. The maximum atomic E-state index is 12.6. The summed E-state index contributed by atoms with van der Waals surface area (Å²) in [5, 5.41) is 16.6. The zero-order valence-electron chi connectivity index (χ0n) is 18.5. The van der Waals surface area contributed by atoms with Crippen LogP contribution in [0.1, 0.15) is 55.3 Å². The summed E-state index contributed by atoms with van der Waals surface area (Å²) >= 11 is 0. The number of fused-ring (bicyclic) bond motifs is 1. The first-order valence-corrected chi connectivity index (χ1v) is 11.3. The molecule has 166 valence electrons. The second-order valence-corrected chi connectivity index (χ2v) is 8.43. The summed E-state index contributed by atoms with van der Waals surface area (Å²) in [5.74, 6) is 2.91. The highest BCUT2D eigenvalue weighted by atomic mass is 16.5. The van der Waals surface area contributed by atoms with Crippen LogP contribution in [0.3, 0.4) is 0 Å². The second-order valence-electron chi connectivity index (χ2n) is 8.43. The van der Waals surface area contributed by atoms with Gasteiger partial charge in [-0.1, -0.05) is 19.1 Å². The molecular formula is C24H28N6O2. The number of ether oxygens (including phenoxy) is 1. The number of nitrogens with one attached hydrogen (secondary N) is 1. The molecule has 1 N–H and O–H groups in total. The van der Waals surface area contributed by atoms with E-state index in [1.807, 2.05) is 43.3 Å². The molecule has 1 atom stereocenters. The number of carbonyl (C=O) groups excluding carboxylic acids is 1. The first-order chi connectivity index (χ1) is 15.6. The van der Waals surface area contributed by atoms with Crippen molar-refractivity contribution in [2.24, 2.45) is 0 Å². The Balaban J connectivity index is 1.46. The predicted octanol–water partition coefficient (Wildman–Crippen LogP) is 3.83. The van der Waals surface area contributed by atoms with E-state index in [0.717, 1.165) is 47.9 Å².